The molecular formula is C8H10N2O2S. The summed E-state index contributed by atoms with van der Waals surface area (Å²) in [6, 6.07) is 0. The first-order valence-corrected chi connectivity index (χ1v) is 4.87. The van der Waals surface area contributed by atoms with E-state index >= 15 is 0 Å². The molecule has 0 saturated carbocycles. The maximum Gasteiger partial charge on any atom is 0.327 e. The molecule has 1 aliphatic rings. The van der Waals surface area contributed by atoms with Gasteiger partial charge >= 0.3 is 9.75 Å². The van der Waals surface area contributed by atoms with Gasteiger partial charge in [-0.15, -0.1) is 0 Å². The van der Waals surface area contributed by atoms with Crippen LogP contribution < -0.4 is 9.75 Å². The smallest absolute Gasteiger partial charge is 0.255 e. The van der Waals surface area contributed by atoms with E-state index in [1.54, 1.807) is 0 Å². The lowest BCUT2D eigenvalue weighted by atomic mass is 10.1. The summed E-state index contributed by atoms with van der Waals surface area (Å²) < 4.78 is 3.02. The molecule has 0 unspecified atom stereocenters. The van der Waals surface area contributed by atoms with E-state index in [2.05, 4.69) is 0 Å². The van der Waals surface area contributed by atoms with Crippen molar-refractivity contribution in [1.29, 1.82) is 0 Å². The van der Waals surface area contributed by atoms with Crippen molar-refractivity contribution in [1.82, 2.24) is 9.36 Å². The van der Waals surface area contributed by atoms with Crippen LogP contribution in [0.3, 0.4) is 0 Å². The van der Waals surface area contributed by atoms with Crippen LogP contribution in [0.15, 0.2) is 20.7 Å². The first-order valence-electron chi connectivity index (χ1n) is 4.05. The van der Waals surface area contributed by atoms with Crippen LogP contribution in [0.25, 0.3) is 0 Å². The predicted octanol–water partition coefficient (Wildman–Crippen LogP) is 0.422. The minimum atomic E-state index is -0.156. The summed E-state index contributed by atoms with van der Waals surface area (Å²) in [7, 11) is 0. The van der Waals surface area contributed by atoms with E-state index in [1.165, 1.54) is 20.5 Å². The van der Waals surface area contributed by atoms with Crippen molar-refractivity contribution in [2.24, 2.45) is 0 Å². The van der Waals surface area contributed by atoms with E-state index in [-0.39, 0.29) is 9.75 Å². The Bertz CT molecular complexity index is 446. The molecule has 1 aromatic heterocycles. The lowest BCUT2D eigenvalue weighted by molar-refractivity contribution is 0.453. The molecule has 0 N–H and O–H groups in total. The standard InChI is InChI=1S/C8H10N2O2S/c1-5-3-9-7(11)13-8(12)10(9)4-6(5)2/h3-4H2,1-2H3. The van der Waals surface area contributed by atoms with E-state index in [4.69, 9.17) is 0 Å². The first-order chi connectivity index (χ1) is 6.09. The molecule has 70 valence electrons. The minimum Gasteiger partial charge on any atom is -0.255 e. The average Bonchev–Trinajstić information content (AvgIpc) is 2.31. The van der Waals surface area contributed by atoms with Crippen molar-refractivity contribution in [3.63, 3.8) is 0 Å². The molecule has 0 fully saturated rings. The number of rotatable bonds is 0. The maximum absolute atomic E-state index is 11.3. The van der Waals surface area contributed by atoms with Gasteiger partial charge in [0.2, 0.25) is 0 Å². The van der Waals surface area contributed by atoms with E-state index in [0.29, 0.717) is 13.1 Å². The zero-order valence-electron chi connectivity index (χ0n) is 7.53. The van der Waals surface area contributed by atoms with Crippen LogP contribution in [-0.4, -0.2) is 9.36 Å². The number of nitrogens with zero attached hydrogens (tertiary/aromatic N) is 2. The van der Waals surface area contributed by atoms with Crippen molar-refractivity contribution in [2.45, 2.75) is 26.9 Å². The van der Waals surface area contributed by atoms with Crippen LogP contribution in [0.4, 0.5) is 0 Å². The van der Waals surface area contributed by atoms with Gasteiger partial charge in [-0.3, -0.25) is 9.59 Å². The first kappa shape index (κ1) is 8.50. The minimum absolute atomic E-state index is 0.156. The van der Waals surface area contributed by atoms with Crippen LogP contribution in [0.1, 0.15) is 13.8 Å². The van der Waals surface area contributed by atoms with Crippen LogP contribution in [0.5, 0.6) is 0 Å². The normalized spacial score (nSPS) is 16.2. The van der Waals surface area contributed by atoms with E-state index < -0.39 is 0 Å². The summed E-state index contributed by atoms with van der Waals surface area (Å²) in [6.07, 6.45) is 0. The monoisotopic (exact) mass is 198 g/mol. The number of fused-ring (bicyclic) bond motifs is 1. The maximum atomic E-state index is 11.3. The Balaban J connectivity index is 2.65. The average molecular weight is 198 g/mol. The van der Waals surface area contributed by atoms with Crippen molar-refractivity contribution in [3.05, 3.63) is 30.5 Å². The number of hydrogen-bond acceptors (Lipinski definition) is 3. The Hall–Kier alpha value is -1.10. The molecule has 0 aliphatic carbocycles. The second kappa shape index (κ2) is 2.70. The largest absolute Gasteiger partial charge is 0.327 e. The van der Waals surface area contributed by atoms with Crippen LogP contribution in [0, 0.1) is 0 Å². The van der Waals surface area contributed by atoms with E-state index in [1.807, 2.05) is 13.8 Å². The fourth-order valence-corrected chi connectivity index (χ4v) is 2.08. The topological polar surface area (TPSA) is 44.0 Å². The third-order valence-electron chi connectivity index (χ3n) is 2.39. The highest BCUT2D eigenvalue weighted by Gasteiger charge is 2.16. The zero-order valence-corrected chi connectivity index (χ0v) is 8.35. The van der Waals surface area contributed by atoms with Gasteiger partial charge in [-0.1, -0.05) is 11.1 Å². The van der Waals surface area contributed by atoms with Crippen LogP contribution in [0.2, 0.25) is 0 Å². The van der Waals surface area contributed by atoms with Crippen LogP contribution in [-0.2, 0) is 13.1 Å². The summed E-state index contributed by atoms with van der Waals surface area (Å²) in [5.41, 5.74) is 2.36. The Kier molecular flexibility index (Phi) is 1.76. The van der Waals surface area contributed by atoms with Crippen molar-refractivity contribution < 1.29 is 0 Å². The molecule has 1 aromatic rings. The molecular weight excluding hydrogens is 188 g/mol. The fourth-order valence-electron chi connectivity index (χ4n) is 1.40. The SMILES string of the molecule is CC1=C(C)Cn2c(=O)sc(=O)n2C1. The zero-order chi connectivity index (χ0) is 9.59. The van der Waals surface area contributed by atoms with E-state index in [0.717, 1.165) is 11.3 Å². The highest BCUT2D eigenvalue weighted by atomic mass is 32.1. The summed E-state index contributed by atoms with van der Waals surface area (Å²) in [6.45, 7) is 5.10. The molecule has 0 saturated heterocycles. The summed E-state index contributed by atoms with van der Waals surface area (Å²) in [5, 5.41) is 0. The Morgan fingerprint density at radius 2 is 1.38 bits per heavy atom. The molecule has 5 heteroatoms. The third-order valence-corrected chi connectivity index (χ3v) is 3.16. The van der Waals surface area contributed by atoms with Gasteiger partial charge in [0.25, 0.3) is 0 Å². The predicted molar refractivity (Wildman–Crippen MR) is 51.2 cm³/mol. The number of aromatic nitrogens is 2. The Morgan fingerprint density at radius 1 is 1.00 bits per heavy atom. The molecule has 0 radical (unpaired) electrons. The Labute approximate surface area is 78.7 Å². The van der Waals surface area contributed by atoms with Gasteiger partial charge in [-0.2, -0.15) is 0 Å². The fraction of sp³-hybridized carbons (Fsp3) is 0.500. The van der Waals surface area contributed by atoms with Gasteiger partial charge in [-0.25, -0.2) is 9.36 Å². The highest BCUT2D eigenvalue weighted by molar-refractivity contribution is 7.06. The highest BCUT2D eigenvalue weighted by Crippen LogP contribution is 2.12. The lowest BCUT2D eigenvalue weighted by Crippen LogP contribution is -2.31. The van der Waals surface area contributed by atoms with E-state index in [9.17, 15) is 9.59 Å². The molecule has 4 nitrogen and oxygen atoms in total. The second-order valence-electron chi connectivity index (χ2n) is 3.31. The molecule has 1 aliphatic heterocycles. The summed E-state index contributed by atoms with van der Waals surface area (Å²) >= 11 is 0.777. The lowest BCUT2D eigenvalue weighted by Gasteiger charge is -2.18. The summed E-state index contributed by atoms with van der Waals surface area (Å²) in [4.78, 5) is 22.2. The Morgan fingerprint density at radius 3 is 1.77 bits per heavy atom. The van der Waals surface area contributed by atoms with Crippen molar-refractivity contribution in [2.75, 3.05) is 0 Å². The van der Waals surface area contributed by atoms with Gasteiger partial charge in [0, 0.05) is 0 Å². The molecule has 0 atom stereocenters. The number of allylic oxidation sites excluding steroid dienone is 2. The quantitative estimate of drug-likeness (QED) is 0.567. The van der Waals surface area contributed by atoms with Gasteiger partial charge in [0.1, 0.15) is 0 Å². The number of hydrogen-bond donors (Lipinski definition) is 0. The molecule has 0 bridgehead atoms. The summed E-state index contributed by atoms with van der Waals surface area (Å²) in [5.74, 6) is 0. The van der Waals surface area contributed by atoms with Gasteiger partial charge in [0.05, 0.1) is 13.1 Å². The molecule has 13 heavy (non-hydrogen) atoms. The third kappa shape index (κ3) is 1.19. The molecule has 0 amide bonds. The van der Waals surface area contributed by atoms with Crippen molar-refractivity contribution in [3.8, 4) is 0 Å². The van der Waals surface area contributed by atoms with Crippen molar-refractivity contribution >= 4 is 11.3 Å². The van der Waals surface area contributed by atoms with Gasteiger partial charge in [-0.05, 0) is 25.2 Å². The second-order valence-corrected chi connectivity index (χ2v) is 4.21. The molecule has 0 spiro atoms. The van der Waals surface area contributed by atoms with Gasteiger partial charge < -0.3 is 0 Å². The molecule has 2 heterocycles. The van der Waals surface area contributed by atoms with Crippen LogP contribution >= 0.6 is 11.3 Å². The molecule has 2 rings (SSSR count). The van der Waals surface area contributed by atoms with Gasteiger partial charge in [0.15, 0.2) is 0 Å². The molecule has 0 aromatic carbocycles.